The molecule has 0 radical (unpaired) electrons. The minimum atomic E-state index is -0.859. The van der Waals surface area contributed by atoms with Gasteiger partial charge in [0.05, 0.1) is 5.70 Å². The number of aliphatic hydroxyl groups is 1. The van der Waals surface area contributed by atoms with Crippen molar-refractivity contribution in [1.29, 1.82) is 0 Å². The molecule has 0 aliphatic heterocycles. The molecule has 4 heteroatoms. The van der Waals surface area contributed by atoms with Gasteiger partial charge < -0.3 is 15.8 Å². The maximum absolute atomic E-state index is 10.5. The minimum absolute atomic E-state index is 0.493. The Kier molecular flexibility index (Phi) is 5.04. The molecule has 1 aliphatic rings. The molecule has 110 valence electrons. The number of rotatable bonds is 5. The highest BCUT2D eigenvalue weighted by Gasteiger charge is 2.32. The number of hydrogen-bond donors (Lipinski definition) is 3. The molecule has 0 bridgehead atoms. The van der Waals surface area contributed by atoms with Crippen LogP contribution in [0.3, 0.4) is 0 Å². The van der Waals surface area contributed by atoms with E-state index in [4.69, 9.17) is 11.6 Å². The van der Waals surface area contributed by atoms with Gasteiger partial charge in [0.25, 0.3) is 0 Å². The summed E-state index contributed by atoms with van der Waals surface area (Å²) < 4.78 is 0. The topological polar surface area (TPSA) is 75.5 Å². The summed E-state index contributed by atoms with van der Waals surface area (Å²) in [5, 5.41) is 12.1. The van der Waals surface area contributed by atoms with Gasteiger partial charge in [0.2, 0.25) is 0 Å². The predicted molar refractivity (Wildman–Crippen MR) is 81.3 cm³/mol. The Morgan fingerprint density at radius 1 is 1.20 bits per heavy atom. The van der Waals surface area contributed by atoms with Crippen molar-refractivity contribution in [3.05, 3.63) is 47.8 Å². The average Bonchev–Trinajstić information content (AvgIpc) is 2.47. The molecule has 1 aromatic carbocycles. The molecule has 0 saturated heterocycles. The molecule has 20 heavy (non-hydrogen) atoms. The van der Waals surface area contributed by atoms with E-state index in [1.165, 1.54) is 12.0 Å². The van der Waals surface area contributed by atoms with Crippen molar-refractivity contribution < 1.29 is 5.11 Å². The Morgan fingerprint density at radius 3 is 2.50 bits per heavy atom. The maximum atomic E-state index is 10.5. The Hall–Kier alpha value is -1.52. The third-order valence-electron chi connectivity index (χ3n) is 4.02. The summed E-state index contributed by atoms with van der Waals surface area (Å²) in [6, 6.07) is 10.2. The third kappa shape index (κ3) is 3.99. The van der Waals surface area contributed by atoms with Gasteiger partial charge in [-0.15, -0.1) is 0 Å². The van der Waals surface area contributed by atoms with Crippen LogP contribution in [0.5, 0.6) is 0 Å². The van der Waals surface area contributed by atoms with Gasteiger partial charge in [0.15, 0.2) is 0 Å². The zero-order chi connectivity index (χ0) is 14.4. The molecule has 4 nitrogen and oxygen atoms in total. The summed E-state index contributed by atoms with van der Waals surface area (Å²) in [7, 11) is 0. The molecule has 0 heterocycles. The van der Waals surface area contributed by atoms with E-state index >= 15 is 0 Å². The maximum Gasteiger partial charge on any atom is 0.105 e. The normalized spacial score (nSPS) is 18.8. The highest BCUT2D eigenvalue weighted by Crippen LogP contribution is 2.31. The lowest BCUT2D eigenvalue weighted by molar-refractivity contribution is 0.0364. The van der Waals surface area contributed by atoms with Gasteiger partial charge in [0, 0.05) is 12.7 Å². The number of hydrazine groups is 1. The molecule has 5 N–H and O–H groups in total. The van der Waals surface area contributed by atoms with Crippen LogP contribution in [0.25, 0.3) is 0 Å². The largest absolute Gasteiger partial charge is 0.398 e. The molecule has 0 amide bonds. The first-order chi connectivity index (χ1) is 9.60. The van der Waals surface area contributed by atoms with Crippen LogP contribution in [0.4, 0.5) is 0 Å². The number of nitrogens with zero attached hydrogens (tertiary/aromatic N) is 1. The summed E-state index contributed by atoms with van der Waals surface area (Å²) >= 11 is 0. The van der Waals surface area contributed by atoms with Crippen LogP contribution in [0.2, 0.25) is 0 Å². The molecule has 0 spiro atoms. The fourth-order valence-electron chi connectivity index (χ4n) is 2.69. The highest BCUT2D eigenvalue weighted by molar-refractivity contribution is 5.16. The van der Waals surface area contributed by atoms with E-state index in [9.17, 15) is 5.11 Å². The van der Waals surface area contributed by atoms with Crippen LogP contribution in [0.15, 0.2) is 42.2 Å². The van der Waals surface area contributed by atoms with E-state index in [-0.39, 0.29) is 0 Å². The van der Waals surface area contributed by atoms with Gasteiger partial charge in [-0.3, -0.25) is 0 Å². The van der Waals surface area contributed by atoms with Gasteiger partial charge in [-0.2, -0.15) is 0 Å². The van der Waals surface area contributed by atoms with Crippen molar-refractivity contribution >= 4 is 0 Å². The first-order valence-electron chi connectivity index (χ1n) is 7.35. The summed E-state index contributed by atoms with van der Waals surface area (Å²) in [6.45, 7) is 0.681. The molecule has 1 aromatic rings. The zero-order valence-electron chi connectivity index (χ0n) is 12.0. The molecule has 2 rings (SSSR count). The van der Waals surface area contributed by atoms with E-state index < -0.39 is 5.60 Å². The van der Waals surface area contributed by atoms with E-state index in [2.05, 4.69) is 12.1 Å². The van der Waals surface area contributed by atoms with E-state index in [0.717, 1.165) is 32.1 Å². The van der Waals surface area contributed by atoms with Crippen molar-refractivity contribution in [2.24, 2.45) is 11.6 Å². The van der Waals surface area contributed by atoms with Crippen molar-refractivity contribution in [3.8, 4) is 0 Å². The Labute approximate surface area is 121 Å². The van der Waals surface area contributed by atoms with Crippen LogP contribution in [-0.4, -0.2) is 22.3 Å². The van der Waals surface area contributed by atoms with Crippen molar-refractivity contribution in [1.82, 2.24) is 5.01 Å². The van der Waals surface area contributed by atoms with Crippen molar-refractivity contribution in [2.75, 3.05) is 6.54 Å². The molecule has 1 aliphatic carbocycles. The lowest BCUT2D eigenvalue weighted by Gasteiger charge is -2.33. The summed E-state index contributed by atoms with van der Waals surface area (Å²) in [5.41, 5.74) is 6.92. The van der Waals surface area contributed by atoms with Crippen molar-refractivity contribution in [2.45, 2.75) is 44.1 Å². The molecule has 0 unspecified atom stereocenters. The van der Waals surface area contributed by atoms with Gasteiger partial charge in [0.1, 0.15) is 5.60 Å². The number of hydrogen-bond acceptors (Lipinski definition) is 4. The standard InChI is InChI=1S/C16H25N3O/c17-15(16(20)10-5-2-6-11-16)13-19(18)12-9-14-7-3-1-4-8-14/h1,3-4,7-8,13,20H,2,5-6,9-12,17-18H2/b15-13-. The van der Waals surface area contributed by atoms with Crippen LogP contribution in [-0.2, 0) is 6.42 Å². The Balaban J connectivity index is 1.89. The SMILES string of the molecule is N/C(=C\N(N)CCc1ccccc1)C1(O)CCCCC1. The van der Waals surface area contributed by atoms with Crippen LogP contribution in [0.1, 0.15) is 37.7 Å². The van der Waals surface area contributed by atoms with Crippen molar-refractivity contribution in [3.63, 3.8) is 0 Å². The van der Waals surface area contributed by atoms with Crippen LogP contribution in [0, 0.1) is 0 Å². The van der Waals surface area contributed by atoms with Gasteiger partial charge in [-0.25, -0.2) is 5.84 Å². The lowest BCUT2D eigenvalue weighted by Crippen LogP contribution is -2.40. The summed E-state index contributed by atoms with van der Waals surface area (Å²) in [4.78, 5) is 0. The molecule has 1 saturated carbocycles. The Bertz CT molecular complexity index is 438. The first kappa shape index (κ1) is 14.9. The van der Waals surface area contributed by atoms with E-state index in [1.54, 1.807) is 11.2 Å². The summed E-state index contributed by atoms with van der Waals surface area (Å²) in [5.74, 6) is 5.95. The fraction of sp³-hybridized carbons (Fsp3) is 0.500. The molecule has 0 atom stereocenters. The highest BCUT2D eigenvalue weighted by atomic mass is 16.3. The van der Waals surface area contributed by atoms with Gasteiger partial charge in [-0.1, -0.05) is 49.6 Å². The second-order valence-corrected chi connectivity index (χ2v) is 5.65. The average molecular weight is 275 g/mol. The second-order valence-electron chi connectivity index (χ2n) is 5.65. The van der Waals surface area contributed by atoms with Gasteiger partial charge in [-0.05, 0) is 24.8 Å². The molecular weight excluding hydrogens is 250 g/mol. The number of benzene rings is 1. The molecular formula is C16H25N3O. The molecule has 1 fully saturated rings. The van der Waals surface area contributed by atoms with Crippen LogP contribution < -0.4 is 11.6 Å². The monoisotopic (exact) mass is 275 g/mol. The molecule has 0 aromatic heterocycles. The lowest BCUT2D eigenvalue weighted by atomic mass is 9.83. The number of nitrogens with two attached hydrogens (primary N) is 2. The Morgan fingerprint density at radius 2 is 1.85 bits per heavy atom. The first-order valence-corrected chi connectivity index (χ1v) is 7.35. The zero-order valence-corrected chi connectivity index (χ0v) is 12.0. The van der Waals surface area contributed by atoms with E-state index in [1.807, 2.05) is 18.2 Å². The third-order valence-corrected chi connectivity index (χ3v) is 4.02. The quantitative estimate of drug-likeness (QED) is 0.567. The van der Waals surface area contributed by atoms with Crippen LogP contribution >= 0.6 is 0 Å². The predicted octanol–water partition coefficient (Wildman–Crippen LogP) is 1.90. The van der Waals surface area contributed by atoms with E-state index in [0.29, 0.717) is 12.2 Å². The smallest absolute Gasteiger partial charge is 0.105 e. The minimum Gasteiger partial charge on any atom is -0.398 e. The summed E-state index contributed by atoms with van der Waals surface area (Å²) in [6.07, 6.45) is 7.26. The second kappa shape index (κ2) is 6.77. The van der Waals surface area contributed by atoms with Gasteiger partial charge >= 0.3 is 0 Å². The fourth-order valence-corrected chi connectivity index (χ4v) is 2.69.